The quantitative estimate of drug-likeness (QED) is 0.910. The summed E-state index contributed by atoms with van der Waals surface area (Å²) in [6, 6.07) is 5.64. The molecule has 1 atom stereocenters. The topological polar surface area (TPSA) is 21.3 Å². The first kappa shape index (κ1) is 13.2. The first-order valence-electron chi connectivity index (χ1n) is 5.81. The summed E-state index contributed by atoms with van der Waals surface area (Å²) in [6.45, 7) is 2.56. The third-order valence-corrected chi connectivity index (χ3v) is 3.91. The Morgan fingerprint density at radius 1 is 1.41 bits per heavy atom. The summed E-state index contributed by atoms with van der Waals surface area (Å²) < 4.78 is 5.54. The fourth-order valence-electron chi connectivity index (χ4n) is 2.45. The number of halogens is 2. The summed E-state index contributed by atoms with van der Waals surface area (Å²) in [5, 5.41) is 4.78. The monoisotopic (exact) mass is 273 g/mol. The molecule has 1 aliphatic rings. The van der Waals surface area contributed by atoms with Crippen molar-refractivity contribution in [3.05, 3.63) is 33.8 Å². The third-order valence-electron chi connectivity index (χ3n) is 3.31. The molecule has 2 nitrogen and oxygen atoms in total. The Morgan fingerprint density at radius 2 is 2.24 bits per heavy atom. The molecule has 1 aromatic carbocycles. The maximum atomic E-state index is 6.22. The number of hydrogen-bond donors (Lipinski definition) is 1. The average Bonchev–Trinajstić information content (AvgIpc) is 2.73. The van der Waals surface area contributed by atoms with Crippen molar-refractivity contribution < 1.29 is 4.74 Å². The minimum absolute atomic E-state index is 0.156. The molecule has 4 heteroatoms. The van der Waals surface area contributed by atoms with Gasteiger partial charge in [0.25, 0.3) is 0 Å². The van der Waals surface area contributed by atoms with Crippen LogP contribution in [0.5, 0.6) is 0 Å². The van der Waals surface area contributed by atoms with Gasteiger partial charge in [-0.2, -0.15) is 0 Å². The summed E-state index contributed by atoms with van der Waals surface area (Å²) >= 11 is 12.2. The van der Waals surface area contributed by atoms with Gasteiger partial charge in [-0.3, -0.25) is 0 Å². The van der Waals surface area contributed by atoms with E-state index in [9.17, 15) is 0 Å². The van der Waals surface area contributed by atoms with E-state index in [1.807, 2.05) is 25.2 Å². The molecule has 1 saturated heterocycles. The highest BCUT2D eigenvalue weighted by Gasteiger charge is 2.34. The van der Waals surface area contributed by atoms with Crippen LogP contribution in [-0.2, 0) is 11.2 Å². The van der Waals surface area contributed by atoms with Crippen molar-refractivity contribution in [3.63, 3.8) is 0 Å². The summed E-state index contributed by atoms with van der Waals surface area (Å²) in [7, 11) is 1.97. The molecule has 0 amide bonds. The Bertz CT molecular complexity index is 389. The molecule has 1 aliphatic heterocycles. The standard InChI is InChI=1S/C13H17Cl2NO/c1-16-8-13(4-5-17-9-13)7-10-6-11(14)2-3-12(10)15/h2-3,6,16H,4-5,7-9H2,1H3. The molecule has 0 bridgehead atoms. The molecule has 1 fully saturated rings. The summed E-state index contributed by atoms with van der Waals surface area (Å²) in [6.07, 6.45) is 1.98. The lowest BCUT2D eigenvalue weighted by atomic mass is 9.81. The second-order valence-electron chi connectivity index (χ2n) is 4.75. The van der Waals surface area contributed by atoms with Gasteiger partial charge >= 0.3 is 0 Å². The van der Waals surface area contributed by atoms with Crippen molar-refractivity contribution in [2.45, 2.75) is 12.8 Å². The molecule has 1 aromatic rings. The van der Waals surface area contributed by atoms with Crippen LogP contribution in [0.1, 0.15) is 12.0 Å². The van der Waals surface area contributed by atoms with E-state index < -0.39 is 0 Å². The van der Waals surface area contributed by atoms with E-state index in [1.165, 1.54) is 0 Å². The van der Waals surface area contributed by atoms with Gasteiger partial charge in [-0.25, -0.2) is 0 Å². The predicted molar refractivity (Wildman–Crippen MR) is 72.0 cm³/mol. The van der Waals surface area contributed by atoms with Gasteiger partial charge in [0.1, 0.15) is 0 Å². The van der Waals surface area contributed by atoms with Crippen molar-refractivity contribution in [2.75, 3.05) is 26.8 Å². The van der Waals surface area contributed by atoms with Crippen molar-refractivity contribution in [3.8, 4) is 0 Å². The van der Waals surface area contributed by atoms with Crippen LogP contribution in [0.25, 0.3) is 0 Å². The Balaban J connectivity index is 2.19. The second-order valence-corrected chi connectivity index (χ2v) is 5.59. The molecule has 0 saturated carbocycles. The third kappa shape index (κ3) is 3.14. The number of rotatable bonds is 4. The number of hydrogen-bond acceptors (Lipinski definition) is 2. The smallest absolute Gasteiger partial charge is 0.0538 e. The molecule has 1 N–H and O–H groups in total. The number of benzene rings is 1. The molecular weight excluding hydrogens is 257 g/mol. The van der Waals surface area contributed by atoms with Crippen molar-refractivity contribution in [1.82, 2.24) is 5.32 Å². The Hall–Kier alpha value is -0.280. The molecule has 0 spiro atoms. The Labute approximate surface area is 112 Å². The molecule has 17 heavy (non-hydrogen) atoms. The van der Waals surface area contributed by atoms with Crippen LogP contribution in [0.4, 0.5) is 0 Å². The zero-order valence-corrected chi connectivity index (χ0v) is 11.4. The van der Waals surface area contributed by atoms with Crippen molar-refractivity contribution in [1.29, 1.82) is 0 Å². The number of nitrogens with one attached hydrogen (secondary N) is 1. The van der Waals surface area contributed by atoms with Gasteiger partial charge in [0.15, 0.2) is 0 Å². The first-order chi connectivity index (χ1) is 8.15. The van der Waals surface area contributed by atoms with E-state index in [0.717, 1.165) is 48.2 Å². The maximum absolute atomic E-state index is 6.22. The minimum Gasteiger partial charge on any atom is -0.381 e. The molecule has 0 radical (unpaired) electrons. The fraction of sp³-hybridized carbons (Fsp3) is 0.538. The zero-order valence-electron chi connectivity index (χ0n) is 9.93. The van der Waals surface area contributed by atoms with Crippen LogP contribution in [0, 0.1) is 5.41 Å². The zero-order chi connectivity index (χ0) is 12.3. The van der Waals surface area contributed by atoms with E-state index >= 15 is 0 Å². The summed E-state index contributed by atoms with van der Waals surface area (Å²) in [4.78, 5) is 0. The lowest BCUT2D eigenvalue weighted by Gasteiger charge is -2.27. The van der Waals surface area contributed by atoms with Gasteiger partial charge in [0.2, 0.25) is 0 Å². The highest BCUT2D eigenvalue weighted by atomic mass is 35.5. The predicted octanol–water partition coefficient (Wildman–Crippen LogP) is 3.16. The largest absolute Gasteiger partial charge is 0.381 e. The van der Waals surface area contributed by atoms with Crippen molar-refractivity contribution >= 4 is 23.2 Å². The summed E-state index contributed by atoms with van der Waals surface area (Å²) in [5.74, 6) is 0. The lowest BCUT2D eigenvalue weighted by molar-refractivity contribution is 0.150. The molecule has 94 valence electrons. The molecular formula is C13H17Cl2NO. The van der Waals surface area contributed by atoms with Crippen LogP contribution in [-0.4, -0.2) is 26.8 Å². The first-order valence-corrected chi connectivity index (χ1v) is 6.57. The van der Waals surface area contributed by atoms with E-state index in [0.29, 0.717) is 0 Å². The van der Waals surface area contributed by atoms with Gasteiger partial charge in [-0.15, -0.1) is 0 Å². The van der Waals surface area contributed by atoms with Crippen molar-refractivity contribution in [2.24, 2.45) is 5.41 Å². The molecule has 0 aromatic heterocycles. The van der Waals surface area contributed by atoms with E-state index in [4.69, 9.17) is 27.9 Å². The second kappa shape index (κ2) is 5.57. The van der Waals surface area contributed by atoms with Crippen LogP contribution < -0.4 is 5.32 Å². The fourth-order valence-corrected chi connectivity index (χ4v) is 2.83. The van der Waals surface area contributed by atoms with Crippen LogP contribution in [0.2, 0.25) is 10.0 Å². The highest BCUT2D eigenvalue weighted by Crippen LogP contribution is 2.35. The van der Waals surface area contributed by atoms with Gasteiger partial charge in [0, 0.05) is 28.6 Å². The van der Waals surface area contributed by atoms with Gasteiger partial charge in [-0.05, 0) is 43.7 Å². The molecule has 1 unspecified atom stereocenters. The van der Waals surface area contributed by atoms with E-state index in [2.05, 4.69) is 5.32 Å². The highest BCUT2D eigenvalue weighted by molar-refractivity contribution is 6.33. The molecule has 1 heterocycles. The van der Waals surface area contributed by atoms with Crippen LogP contribution in [0.3, 0.4) is 0 Å². The van der Waals surface area contributed by atoms with Gasteiger partial charge in [-0.1, -0.05) is 23.2 Å². The van der Waals surface area contributed by atoms with E-state index in [1.54, 1.807) is 0 Å². The van der Waals surface area contributed by atoms with Crippen LogP contribution >= 0.6 is 23.2 Å². The normalized spacial score (nSPS) is 24.2. The lowest BCUT2D eigenvalue weighted by Crippen LogP contribution is -2.35. The Kier molecular flexibility index (Phi) is 4.31. The van der Waals surface area contributed by atoms with Crippen LogP contribution in [0.15, 0.2) is 18.2 Å². The molecule has 2 rings (SSSR count). The Morgan fingerprint density at radius 3 is 2.88 bits per heavy atom. The maximum Gasteiger partial charge on any atom is 0.0538 e. The minimum atomic E-state index is 0.156. The van der Waals surface area contributed by atoms with Gasteiger partial charge in [0.05, 0.1) is 6.61 Å². The van der Waals surface area contributed by atoms with Gasteiger partial charge < -0.3 is 10.1 Å². The average molecular weight is 274 g/mol. The van der Waals surface area contributed by atoms with E-state index in [-0.39, 0.29) is 5.41 Å². The number of ether oxygens (including phenoxy) is 1. The molecule has 0 aliphatic carbocycles. The SMILES string of the molecule is CNCC1(Cc2cc(Cl)ccc2Cl)CCOC1. The summed E-state index contributed by atoms with van der Waals surface area (Å²) in [5.41, 5.74) is 1.27.